The summed E-state index contributed by atoms with van der Waals surface area (Å²) in [4.78, 5) is 11.5. The van der Waals surface area contributed by atoms with Crippen molar-refractivity contribution < 1.29 is 4.79 Å². The predicted molar refractivity (Wildman–Crippen MR) is 53.1 cm³/mol. The number of hydrogen-bond acceptors (Lipinski definition) is 1. The summed E-state index contributed by atoms with van der Waals surface area (Å²) < 4.78 is 0. The van der Waals surface area contributed by atoms with Gasteiger partial charge in [-0.1, -0.05) is 40.4 Å². The largest absolute Gasteiger partial charge is 0.403 e. The molecule has 3 heteroatoms. The van der Waals surface area contributed by atoms with Crippen LogP contribution in [-0.4, -0.2) is 13.3 Å². The second kappa shape index (κ2) is 4.53. The van der Waals surface area contributed by atoms with Gasteiger partial charge in [-0.05, 0) is 6.42 Å². The molecule has 0 saturated heterocycles. The Morgan fingerprint density at radius 3 is 2.33 bits per heavy atom. The van der Waals surface area contributed by atoms with E-state index in [0.29, 0.717) is 5.82 Å². The van der Waals surface area contributed by atoms with Crippen LogP contribution in [0.1, 0.15) is 41.0 Å². The Labute approximate surface area is 76.4 Å². The van der Waals surface area contributed by atoms with Crippen LogP contribution < -0.4 is 5.23 Å². The van der Waals surface area contributed by atoms with Gasteiger partial charge >= 0.3 is 0 Å². The van der Waals surface area contributed by atoms with E-state index in [2.05, 4.69) is 5.23 Å². The normalized spacial score (nSPS) is 11.5. The van der Waals surface area contributed by atoms with E-state index in [-0.39, 0.29) is 11.3 Å². The van der Waals surface area contributed by atoms with Gasteiger partial charge in [0.15, 0.2) is 0 Å². The predicted octanol–water partition coefficient (Wildman–Crippen LogP) is 1.99. The minimum absolute atomic E-state index is 0.110. The summed E-state index contributed by atoms with van der Waals surface area (Å²) in [7, 11) is 1.83. The molecule has 0 aliphatic heterocycles. The molecular formula is C9H19BNO. The third-order valence-electron chi connectivity index (χ3n) is 2.05. The Morgan fingerprint density at radius 1 is 1.50 bits per heavy atom. The lowest BCUT2D eigenvalue weighted by atomic mass is 9.76. The molecule has 0 aromatic heterocycles. The maximum Gasteiger partial charge on any atom is 0.249 e. The minimum atomic E-state index is -0.245. The molecule has 1 amide bonds. The molecule has 1 radical (unpaired) electrons. The van der Waals surface area contributed by atoms with Gasteiger partial charge in [-0.15, -0.1) is 0 Å². The van der Waals surface area contributed by atoms with Gasteiger partial charge in [-0.3, -0.25) is 4.79 Å². The Kier molecular flexibility index (Phi) is 4.36. The molecule has 12 heavy (non-hydrogen) atoms. The molecular weight excluding hydrogens is 149 g/mol. The van der Waals surface area contributed by atoms with Crippen molar-refractivity contribution in [2.45, 2.75) is 46.9 Å². The summed E-state index contributed by atoms with van der Waals surface area (Å²) in [6, 6.07) is 0. The average Bonchev–Trinajstić information content (AvgIpc) is 2.00. The van der Waals surface area contributed by atoms with Crippen LogP contribution in [0, 0.1) is 5.41 Å². The van der Waals surface area contributed by atoms with Crippen molar-refractivity contribution in [2.75, 3.05) is 0 Å². The minimum Gasteiger partial charge on any atom is -0.403 e. The van der Waals surface area contributed by atoms with Gasteiger partial charge in [-0.2, -0.15) is 0 Å². The van der Waals surface area contributed by atoms with Gasteiger partial charge in [0.05, 0.1) is 0 Å². The fourth-order valence-corrected chi connectivity index (χ4v) is 0.598. The standard InChI is InChI=1S/C9H19BNO/c1-6-9(4,5)8(12)11-10-7(2)3/h7H,6H2,1-5H3,(H,11,12). The molecule has 0 unspecified atom stereocenters. The van der Waals surface area contributed by atoms with Crippen LogP contribution in [0.2, 0.25) is 5.82 Å². The monoisotopic (exact) mass is 168 g/mol. The first-order valence-electron chi connectivity index (χ1n) is 4.54. The van der Waals surface area contributed by atoms with Gasteiger partial charge in [0, 0.05) is 5.41 Å². The molecule has 0 aliphatic rings. The van der Waals surface area contributed by atoms with Crippen molar-refractivity contribution >= 4 is 13.3 Å². The topological polar surface area (TPSA) is 29.1 Å². The molecule has 0 aliphatic carbocycles. The lowest BCUT2D eigenvalue weighted by Crippen LogP contribution is -2.39. The second-order valence-corrected chi connectivity index (χ2v) is 4.12. The third-order valence-corrected chi connectivity index (χ3v) is 2.05. The molecule has 0 atom stereocenters. The number of hydrogen-bond donors (Lipinski definition) is 1. The summed E-state index contributed by atoms with van der Waals surface area (Å²) in [5.41, 5.74) is -0.245. The molecule has 69 valence electrons. The number of rotatable bonds is 4. The molecule has 0 heterocycles. The Hall–Kier alpha value is -0.465. The maximum atomic E-state index is 11.5. The highest BCUT2D eigenvalue weighted by atomic mass is 16.1. The van der Waals surface area contributed by atoms with Crippen LogP contribution in [0.4, 0.5) is 0 Å². The van der Waals surface area contributed by atoms with Gasteiger partial charge in [-0.25, -0.2) is 0 Å². The molecule has 1 N–H and O–H groups in total. The highest BCUT2D eigenvalue weighted by Crippen LogP contribution is 2.19. The van der Waals surface area contributed by atoms with E-state index >= 15 is 0 Å². The molecule has 0 fully saturated rings. The zero-order chi connectivity index (χ0) is 9.78. The Balaban J connectivity index is 3.88. The average molecular weight is 168 g/mol. The van der Waals surface area contributed by atoms with Gasteiger partial charge in [0.2, 0.25) is 13.3 Å². The molecule has 0 aromatic carbocycles. The first-order valence-corrected chi connectivity index (χ1v) is 4.54. The first-order chi connectivity index (χ1) is 5.40. The fraction of sp³-hybridized carbons (Fsp3) is 0.889. The molecule has 0 saturated carbocycles. The van der Waals surface area contributed by atoms with E-state index in [1.165, 1.54) is 0 Å². The zero-order valence-electron chi connectivity index (χ0n) is 8.77. The molecule has 0 aromatic rings. The highest BCUT2D eigenvalue weighted by Gasteiger charge is 2.24. The summed E-state index contributed by atoms with van der Waals surface area (Å²) in [6.07, 6.45) is 0.866. The summed E-state index contributed by atoms with van der Waals surface area (Å²) in [5.74, 6) is 0.514. The van der Waals surface area contributed by atoms with Crippen molar-refractivity contribution in [1.82, 2.24) is 5.23 Å². The lowest BCUT2D eigenvalue weighted by Gasteiger charge is -2.21. The van der Waals surface area contributed by atoms with Crippen LogP contribution in [-0.2, 0) is 4.79 Å². The van der Waals surface area contributed by atoms with Gasteiger partial charge in [0.25, 0.3) is 0 Å². The molecule has 0 rings (SSSR count). The van der Waals surface area contributed by atoms with E-state index in [1.54, 1.807) is 0 Å². The summed E-state index contributed by atoms with van der Waals surface area (Å²) in [5, 5.41) is 2.81. The molecule has 0 bridgehead atoms. The van der Waals surface area contributed by atoms with E-state index in [4.69, 9.17) is 0 Å². The van der Waals surface area contributed by atoms with Crippen LogP contribution in [0.5, 0.6) is 0 Å². The lowest BCUT2D eigenvalue weighted by molar-refractivity contribution is -0.127. The first kappa shape index (κ1) is 11.5. The van der Waals surface area contributed by atoms with Crippen molar-refractivity contribution in [1.29, 1.82) is 0 Å². The fourth-order valence-electron chi connectivity index (χ4n) is 0.598. The van der Waals surface area contributed by atoms with Gasteiger partial charge < -0.3 is 5.23 Å². The zero-order valence-corrected chi connectivity index (χ0v) is 8.77. The van der Waals surface area contributed by atoms with Crippen molar-refractivity contribution in [3.05, 3.63) is 0 Å². The third kappa shape index (κ3) is 3.79. The van der Waals surface area contributed by atoms with E-state index in [1.807, 2.05) is 42.0 Å². The maximum absolute atomic E-state index is 11.5. The van der Waals surface area contributed by atoms with E-state index in [0.717, 1.165) is 6.42 Å². The van der Waals surface area contributed by atoms with Crippen LogP contribution in [0.15, 0.2) is 0 Å². The van der Waals surface area contributed by atoms with Crippen LogP contribution in [0.3, 0.4) is 0 Å². The van der Waals surface area contributed by atoms with Crippen LogP contribution in [0.25, 0.3) is 0 Å². The second-order valence-electron chi connectivity index (χ2n) is 4.12. The van der Waals surface area contributed by atoms with E-state index < -0.39 is 0 Å². The van der Waals surface area contributed by atoms with E-state index in [9.17, 15) is 4.79 Å². The van der Waals surface area contributed by atoms with Crippen LogP contribution >= 0.6 is 0 Å². The number of carbonyl (C=O) groups is 1. The quantitative estimate of drug-likeness (QED) is 0.639. The molecule has 0 spiro atoms. The van der Waals surface area contributed by atoms with Crippen molar-refractivity contribution in [2.24, 2.45) is 5.41 Å². The number of amides is 1. The SMILES string of the molecule is CCC(C)(C)C(=O)N[B]C(C)C. The van der Waals surface area contributed by atoms with Crippen molar-refractivity contribution in [3.63, 3.8) is 0 Å². The number of nitrogens with one attached hydrogen (secondary N) is 1. The highest BCUT2D eigenvalue weighted by molar-refractivity contribution is 6.38. The Bertz CT molecular complexity index is 155. The Morgan fingerprint density at radius 2 is 2.00 bits per heavy atom. The number of carbonyl (C=O) groups excluding carboxylic acids is 1. The summed E-state index contributed by atoms with van der Waals surface area (Å²) in [6.45, 7) is 10.0. The van der Waals surface area contributed by atoms with Crippen molar-refractivity contribution in [3.8, 4) is 0 Å². The smallest absolute Gasteiger partial charge is 0.249 e. The molecule has 2 nitrogen and oxygen atoms in total. The van der Waals surface area contributed by atoms with Gasteiger partial charge in [0.1, 0.15) is 0 Å². The summed E-state index contributed by atoms with van der Waals surface area (Å²) >= 11 is 0.